The fraction of sp³-hybridized carbons (Fsp3) is 0.417. The molecule has 7 nitrogen and oxygen atoms in total. The zero-order chi connectivity index (χ0) is 15.3. The SMILES string of the molecule is COc1cc(C(=O)O)cc(OC)c1OCCS(C)(=O)=O. The molecule has 0 unspecified atom stereocenters. The van der Waals surface area contributed by atoms with Gasteiger partial charge in [-0.2, -0.15) is 0 Å². The van der Waals surface area contributed by atoms with Crippen LogP contribution in [0, 0.1) is 0 Å². The lowest BCUT2D eigenvalue weighted by Gasteiger charge is -2.14. The quantitative estimate of drug-likeness (QED) is 0.796. The number of aromatic carboxylic acids is 1. The van der Waals surface area contributed by atoms with E-state index >= 15 is 0 Å². The van der Waals surface area contributed by atoms with E-state index in [9.17, 15) is 13.2 Å². The molecule has 0 spiro atoms. The zero-order valence-electron chi connectivity index (χ0n) is 11.4. The van der Waals surface area contributed by atoms with Gasteiger partial charge in [-0.05, 0) is 12.1 Å². The van der Waals surface area contributed by atoms with Gasteiger partial charge in [0.25, 0.3) is 0 Å². The van der Waals surface area contributed by atoms with Crippen molar-refractivity contribution in [1.82, 2.24) is 0 Å². The monoisotopic (exact) mass is 304 g/mol. The topological polar surface area (TPSA) is 99.1 Å². The maximum absolute atomic E-state index is 11.1. The molecule has 0 aromatic heterocycles. The number of ether oxygens (including phenoxy) is 3. The lowest BCUT2D eigenvalue weighted by atomic mass is 10.2. The number of carboxylic acids is 1. The first kappa shape index (κ1) is 16.1. The number of hydrogen-bond acceptors (Lipinski definition) is 6. The molecular formula is C12H16O7S. The van der Waals surface area contributed by atoms with Crippen LogP contribution in [0.2, 0.25) is 0 Å². The Labute approximate surface area is 117 Å². The van der Waals surface area contributed by atoms with Crippen molar-refractivity contribution in [2.24, 2.45) is 0 Å². The maximum Gasteiger partial charge on any atom is 0.335 e. The highest BCUT2D eigenvalue weighted by Crippen LogP contribution is 2.38. The predicted octanol–water partition coefficient (Wildman–Crippen LogP) is 0.825. The van der Waals surface area contributed by atoms with Crippen LogP contribution in [0.15, 0.2) is 12.1 Å². The van der Waals surface area contributed by atoms with E-state index in [0.29, 0.717) is 0 Å². The molecule has 0 amide bonds. The molecule has 0 atom stereocenters. The Morgan fingerprint density at radius 3 is 2.05 bits per heavy atom. The van der Waals surface area contributed by atoms with Crippen LogP contribution in [-0.2, 0) is 9.84 Å². The van der Waals surface area contributed by atoms with Crippen molar-refractivity contribution < 1.29 is 32.5 Å². The van der Waals surface area contributed by atoms with Crippen LogP contribution >= 0.6 is 0 Å². The van der Waals surface area contributed by atoms with Crippen molar-refractivity contribution in [2.75, 3.05) is 32.8 Å². The number of hydrogen-bond donors (Lipinski definition) is 1. The van der Waals surface area contributed by atoms with Gasteiger partial charge in [0.05, 0.1) is 25.5 Å². The van der Waals surface area contributed by atoms with E-state index in [0.717, 1.165) is 6.26 Å². The Hall–Kier alpha value is -1.96. The molecule has 0 aliphatic carbocycles. The fourth-order valence-corrected chi connectivity index (χ4v) is 1.83. The molecule has 0 fully saturated rings. The van der Waals surface area contributed by atoms with Crippen LogP contribution in [0.1, 0.15) is 10.4 Å². The van der Waals surface area contributed by atoms with E-state index in [2.05, 4.69) is 0 Å². The molecule has 0 bridgehead atoms. The highest BCUT2D eigenvalue weighted by atomic mass is 32.2. The Kier molecular flexibility index (Phi) is 5.20. The first-order valence-electron chi connectivity index (χ1n) is 5.58. The summed E-state index contributed by atoms with van der Waals surface area (Å²) in [5.74, 6) is -0.807. The van der Waals surface area contributed by atoms with Crippen molar-refractivity contribution >= 4 is 15.8 Å². The number of carbonyl (C=O) groups is 1. The van der Waals surface area contributed by atoms with Crippen LogP contribution in [0.5, 0.6) is 17.2 Å². The second-order valence-corrected chi connectivity index (χ2v) is 6.25. The molecule has 1 N–H and O–H groups in total. The molecular weight excluding hydrogens is 288 g/mol. The van der Waals surface area contributed by atoms with E-state index in [-0.39, 0.29) is 35.2 Å². The second-order valence-electron chi connectivity index (χ2n) is 3.99. The third-order valence-corrected chi connectivity index (χ3v) is 3.32. The van der Waals surface area contributed by atoms with Crippen LogP contribution < -0.4 is 14.2 Å². The molecule has 112 valence electrons. The van der Waals surface area contributed by atoms with Crippen LogP contribution in [0.4, 0.5) is 0 Å². The smallest absolute Gasteiger partial charge is 0.335 e. The van der Waals surface area contributed by atoms with Gasteiger partial charge in [0, 0.05) is 6.26 Å². The van der Waals surface area contributed by atoms with Crippen molar-refractivity contribution in [3.05, 3.63) is 17.7 Å². The number of methoxy groups -OCH3 is 2. The van der Waals surface area contributed by atoms with E-state index in [4.69, 9.17) is 19.3 Å². The van der Waals surface area contributed by atoms with Gasteiger partial charge < -0.3 is 19.3 Å². The summed E-state index contributed by atoms with van der Waals surface area (Å²) in [4.78, 5) is 11.0. The first-order valence-corrected chi connectivity index (χ1v) is 7.64. The van der Waals surface area contributed by atoms with Crippen LogP contribution in [0.25, 0.3) is 0 Å². The molecule has 1 aromatic rings. The highest BCUT2D eigenvalue weighted by Gasteiger charge is 2.17. The minimum Gasteiger partial charge on any atom is -0.493 e. The van der Waals surface area contributed by atoms with Gasteiger partial charge in [-0.3, -0.25) is 0 Å². The number of carboxylic acid groups (broad SMARTS) is 1. The summed E-state index contributed by atoms with van der Waals surface area (Å²) in [6.45, 7) is -0.0853. The third-order valence-electron chi connectivity index (χ3n) is 2.41. The van der Waals surface area contributed by atoms with E-state index in [1.54, 1.807) is 0 Å². The molecule has 0 saturated heterocycles. The standard InChI is InChI=1S/C12H16O7S/c1-17-9-6-8(12(13)14)7-10(18-2)11(9)19-4-5-20(3,15)16/h6-7H,4-5H2,1-3H3,(H,13,14). The minimum atomic E-state index is -3.16. The van der Waals surface area contributed by atoms with Crippen LogP contribution in [0.3, 0.4) is 0 Å². The van der Waals surface area contributed by atoms with Gasteiger partial charge in [0.15, 0.2) is 21.3 Å². The minimum absolute atomic E-state index is 0.0193. The highest BCUT2D eigenvalue weighted by molar-refractivity contribution is 7.90. The Balaban J connectivity index is 3.07. The normalized spacial score (nSPS) is 10.9. The number of sulfone groups is 1. The molecule has 0 radical (unpaired) electrons. The Morgan fingerprint density at radius 2 is 1.70 bits per heavy atom. The molecule has 0 aliphatic rings. The van der Waals surface area contributed by atoms with E-state index < -0.39 is 15.8 Å². The van der Waals surface area contributed by atoms with E-state index in [1.807, 2.05) is 0 Å². The summed E-state index contributed by atoms with van der Waals surface area (Å²) in [7, 11) is -0.454. The van der Waals surface area contributed by atoms with Gasteiger partial charge in [-0.15, -0.1) is 0 Å². The molecule has 8 heteroatoms. The molecule has 1 aromatic carbocycles. The van der Waals surface area contributed by atoms with Gasteiger partial charge >= 0.3 is 5.97 Å². The molecule has 0 heterocycles. The van der Waals surface area contributed by atoms with Crippen molar-refractivity contribution in [3.8, 4) is 17.2 Å². The molecule has 0 aliphatic heterocycles. The molecule has 0 saturated carbocycles. The van der Waals surface area contributed by atoms with Crippen molar-refractivity contribution in [1.29, 1.82) is 0 Å². The summed E-state index contributed by atoms with van der Waals surface area (Å²) in [5.41, 5.74) is -0.0193. The Bertz CT molecular complexity index is 567. The summed E-state index contributed by atoms with van der Waals surface area (Å²) in [6.07, 6.45) is 1.10. The maximum atomic E-state index is 11.1. The molecule has 1 rings (SSSR count). The van der Waals surface area contributed by atoms with Gasteiger partial charge in [-0.1, -0.05) is 0 Å². The fourth-order valence-electron chi connectivity index (χ4n) is 1.44. The largest absolute Gasteiger partial charge is 0.493 e. The van der Waals surface area contributed by atoms with Crippen molar-refractivity contribution in [3.63, 3.8) is 0 Å². The zero-order valence-corrected chi connectivity index (χ0v) is 12.2. The lowest BCUT2D eigenvalue weighted by molar-refractivity contribution is 0.0696. The lowest BCUT2D eigenvalue weighted by Crippen LogP contribution is -2.13. The number of rotatable bonds is 7. The molecule has 20 heavy (non-hydrogen) atoms. The predicted molar refractivity (Wildman–Crippen MR) is 71.7 cm³/mol. The summed E-state index contributed by atoms with van der Waals surface area (Å²) in [5, 5.41) is 8.97. The first-order chi connectivity index (χ1) is 9.28. The second kappa shape index (κ2) is 6.47. The van der Waals surface area contributed by atoms with Gasteiger partial charge in [0.2, 0.25) is 5.75 Å². The average molecular weight is 304 g/mol. The van der Waals surface area contributed by atoms with Crippen LogP contribution in [-0.4, -0.2) is 52.3 Å². The Morgan fingerprint density at radius 1 is 1.20 bits per heavy atom. The summed E-state index contributed by atoms with van der Waals surface area (Å²) < 4.78 is 37.5. The third kappa shape index (κ3) is 4.30. The summed E-state index contributed by atoms with van der Waals surface area (Å²) >= 11 is 0. The average Bonchev–Trinajstić information content (AvgIpc) is 2.36. The van der Waals surface area contributed by atoms with Crippen molar-refractivity contribution in [2.45, 2.75) is 0 Å². The van der Waals surface area contributed by atoms with Gasteiger partial charge in [0.1, 0.15) is 6.61 Å². The summed E-state index contributed by atoms with van der Waals surface area (Å²) in [6, 6.07) is 2.56. The van der Waals surface area contributed by atoms with Gasteiger partial charge in [-0.25, -0.2) is 13.2 Å². The van der Waals surface area contributed by atoms with E-state index in [1.165, 1.54) is 26.4 Å². The number of benzene rings is 1.